The van der Waals surface area contributed by atoms with E-state index in [2.05, 4.69) is 9.80 Å². The van der Waals surface area contributed by atoms with Crippen molar-refractivity contribution in [1.82, 2.24) is 19.6 Å². The molecule has 3 heterocycles. The van der Waals surface area contributed by atoms with Crippen LogP contribution < -0.4 is 0 Å². The van der Waals surface area contributed by atoms with Gasteiger partial charge in [0.15, 0.2) is 0 Å². The van der Waals surface area contributed by atoms with Gasteiger partial charge in [0.05, 0.1) is 12.6 Å². The number of hydrogen-bond acceptors (Lipinski definition) is 6. The molecule has 3 saturated heterocycles. The summed E-state index contributed by atoms with van der Waals surface area (Å²) in [4.78, 5) is 48.7. The summed E-state index contributed by atoms with van der Waals surface area (Å²) in [6, 6.07) is 11.2. The normalized spacial score (nSPS) is 31.0. The fraction of sp³-hybridized carbons (Fsp3) is 0.706. The number of ether oxygens (including phenoxy) is 1. The lowest BCUT2D eigenvalue weighted by molar-refractivity contribution is -0.156. The number of fused-ring (bicyclic) bond motifs is 3. The topological polar surface area (TPSA) is 97.2 Å². The maximum atomic E-state index is 14.2. The molecule has 0 N–H and O–H groups in total. The van der Waals surface area contributed by atoms with Crippen molar-refractivity contribution in [2.75, 3.05) is 39.3 Å². The van der Waals surface area contributed by atoms with Crippen LogP contribution in [0.3, 0.4) is 0 Å². The third-order valence-electron chi connectivity index (χ3n) is 11.3. The van der Waals surface area contributed by atoms with Gasteiger partial charge in [-0.05, 0) is 82.9 Å². The molecular formula is C34H46FN5O4. The number of amides is 3. The van der Waals surface area contributed by atoms with Gasteiger partial charge in [-0.25, -0.2) is 9.18 Å². The van der Waals surface area contributed by atoms with Crippen LogP contribution in [0.25, 0.3) is 0 Å². The van der Waals surface area contributed by atoms with Crippen LogP contribution in [0, 0.1) is 16.7 Å². The van der Waals surface area contributed by atoms with Crippen molar-refractivity contribution in [2.45, 2.75) is 107 Å². The SMILES string of the molecule is N#C[C@@H]1C[C@H](F)CN1C(=O)CN(C(=O)OCc1ccccc1)C12CCC(C(=O)N3CCC(N4CCCCC4)CC3)(CC1)CC2. The largest absolute Gasteiger partial charge is 0.445 e. The summed E-state index contributed by atoms with van der Waals surface area (Å²) in [7, 11) is 0. The van der Waals surface area contributed by atoms with Crippen molar-refractivity contribution in [3.63, 3.8) is 0 Å². The Morgan fingerprint density at radius 2 is 1.61 bits per heavy atom. The number of likely N-dealkylation sites (tertiary alicyclic amines) is 3. The number of rotatable bonds is 7. The summed E-state index contributed by atoms with van der Waals surface area (Å²) < 4.78 is 19.9. The van der Waals surface area contributed by atoms with Gasteiger partial charge in [-0.15, -0.1) is 0 Å². The van der Waals surface area contributed by atoms with Crippen LogP contribution in [0.1, 0.15) is 82.6 Å². The van der Waals surface area contributed by atoms with E-state index in [-0.39, 0.29) is 32.0 Å². The van der Waals surface area contributed by atoms with E-state index in [4.69, 9.17) is 4.74 Å². The van der Waals surface area contributed by atoms with E-state index in [1.165, 1.54) is 37.3 Å². The zero-order valence-electron chi connectivity index (χ0n) is 25.8. The lowest BCUT2D eigenvalue weighted by atomic mass is 9.56. The van der Waals surface area contributed by atoms with Crippen LogP contribution >= 0.6 is 0 Å². The Labute approximate surface area is 260 Å². The predicted octanol–water partition coefficient (Wildman–Crippen LogP) is 4.66. The molecule has 3 saturated carbocycles. The van der Waals surface area contributed by atoms with Gasteiger partial charge in [-0.1, -0.05) is 36.8 Å². The molecule has 1 aromatic rings. The van der Waals surface area contributed by atoms with Gasteiger partial charge in [0.2, 0.25) is 11.8 Å². The standard InChI is InChI=1S/C34H46FN5O4/c35-27-21-29(22-36)39(23-27)30(41)24-40(32(43)44-25-26-7-3-1-4-8-26)34-14-11-33(12-15-34,13-16-34)31(42)38-19-9-28(10-20-38)37-17-5-2-6-18-37/h1,3-4,7-8,27-29H,2,5-6,9-21,23-25H2/t27-,29-,33?,34?/m0/s1. The molecule has 238 valence electrons. The Bertz CT molecular complexity index is 1220. The summed E-state index contributed by atoms with van der Waals surface area (Å²) in [5.74, 6) is -0.169. The molecule has 6 fully saturated rings. The third-order valence-corrected chi connectivity index (χ3v) is 11.3. The molecule has 9 nitrogen and oxygen atoms in total. The molecule has 3 aliphatic carbocycles. The zero-order valence-corrected chi connectivity index (χ0v) is 25.8. The highest BCUT2D eigenvalue weighted by Gasteiger charge is 2.57. The minimum atomic E-state index is -1.25. The summed E-state index contributed by atoms with van der Waals surface area (Å²) in [5.41, 5.74) is -0.176. The molecule has 3 amide bonds. The van der Waals surface area contributed by atoms with Gasteiger partial charge < -0.3 is 19.4 Å². The van der Waals surface area contributed by atoms with Crippen LogP contribution in [-0.2, 0) is 20.9 Å². The van der Waals surface area contributed by atoms with Crippen LogP contribution in [-0.4, -0.2) is 101 Å². The Hall–Kier alpha value is -3.19. The number of piperidine rings is 2. The monoisotopic (exact) mass is 607 g/mol. The molecule has 7 rings (SSSR count). The summed E-state index contributed by atoms with van der Waals surface area (Å²) in [6.45, 7) is 3.66. The number of carbonyl (C=O) groups is 3. The fourth-order valence-electron chi connectivity index (χ4n) is 8.58. The highest BCUT2D eigenvalue weighted by Crippen LogP contribution is 2.55. The first kappa shape index (κ1) is 30.8. The van der Waals surface area contributed by atoms with Gasteiger partial charge in [0, 0.05) is 36.5 Å². The van der Waals surface area contributed by atoms with Gasteiger partial charge in [0.1, 0.15) is 25.4 Å². The van der Waals surface area contributed by atoms with E-state index in [9.17, 15) is 24.0 Å². The second kappa shape index (κ2) is 13.0. The Balaban J connectivity index is 1.12. The van der Waals surface area contributed by atoms with Crippen molar-refractivity contribution < 1.29 is 23.5 Å². The highest BCUT2D eigenvalue weighted by atomic mass is 19.1. The van der Waals surface area contributed by atoms with Gasteiger partial charge in [-0.2, -0.15) is 5.26 Å². The van der Waals surface area contributed by atoms with E-state index in [1.807, 2.05) is 36.4 Å². The average molecular weight is 608 g/mol. The van der Waals surface area contributed by atoms with Crippen molar-refractivity contribution in [3.05, 3.63) is 35.9 Å². The molecule has 0 radical (unpaired) electrons. The molecule has 1 aromatic carbocycles. The molecule has 44 heavy (non-hydrogen) atoms. The first-order valence-corrected chi connectivity index (χ1v) is 16.7. The van der Waals surface area contributed by atoms with Crippen molar-refractivity contribution in [1.29, 1.82) is 5.26 Å². The van der Waals surface area contributed by atoms with E-state index >= 15 is 0 Å². The Kier molecular flexibility index (Phi) is 9.13. The lowest BCUT2D eigenvalue weighted by Gasteiger charge is -2.57. The number of carbonyl (C=O) groups excluding carboxylic acids is 3. The number of hydrogen-bond donors (Lipinski definition) is 0. The van der Waals surface area contributed by atoms with Crippen molar-refractivity contribution in [3.8, 4) is 6.07 Å². The Morgan fingerprint density at radius 3 is 2.25 bits per heavy atom. The first-order chi connectivity index (χ1) is 21.3. The fourth-order valence-corrected chi connectivity index (χ4v) is 8.58. The molecule has 10 heteroatoms. The van der Waals surface area contributed by atoms with Crippen LogP contribution in [0.5, 0.6) is 0 Å². The number of alkyl halides is 1. The number of halogens is 1. The third kappa shape index (κ3) is 6.17. The van der Waals surface area contributed by atoms with Crippen molar-refractivity contribution >= 4 is 17.9 Å². The number of nitrogens with zero attached hydrogens (tertiary/aromatic N) is 5. The second-order valence-electron chi connectivity index (χ2n) is 13.8. The minimum Gasteiger partial charge on any atom is -0.445 e. The van der Waals surface area contributed by atoms with Crippen LogP contribution in [0.15, 0.2) is 30.3 Å². The lowest BCUT2D eigenvalue weighted by Crippen LogP contribution is -2.63. The van der Waals surface area contributed by atoms with Crippen LogP contribution in [0.4, 0.5) is 9.18 Å². The van der Waals surface area contributed by atoms with Crippen LogP contribution in [0.2, 0.25) is 0 Å². The highest BCUT2D eigenvalue weighted by molar-refractivity contribution is 5.85. The zero-order chi connectivity index (χ0) is 30.7. The van der Waals surface area contributed by atoms with E-state index in [1.54, 1.807) is 4.90 Å². The van der Waals surface area contributed by atoms with Crippen molar-refractivity contribution in [2.24, 2.45) is 5.41 Å². The maximum Gasteiger partial charge on any atom is 0.411 e. The molecule has 3 aliphatic heterocycles. The smallest absolute Gasteiger partial charge is 0.411 e. The van der Waals surface area contributed by atoms with E-state index in [0.29, 0.717) is 44.6 Å². The number of nitriles is 1. The molecule has 0 aromatic heterocycles. The molecule has 2 atom stereocenters. The van der Waals surface area contributed by atoms with E-state index in [0.717, 1.165) is 31.5 Å². The molecule has 6 aliphatic rings. The molecule has 0 spiro atoms. The van der Waals surface area contributed by atoms with E-state index < -0.39 is 35.2 Å². The van der Waals surface area contributed by atoms with Gasteiger partial charge in [-0.3, -0.25) is 14.5 Å². The van der Waals surface area contributed by atoms with Gasteiger partial charge in [0.25, 0.3) is 0 Å². The molecule has 0 unspecified atom stereocenters. The molecule has 2 bridgehead atoms. The minimum absolute atomic E-state index is 0.00819. The predicted molar refractivity (Wildman–Crippen MR) is 162 cm³/mol. The number of benzene rings is 1. The summed E-state index contributed by atoms with van der Waals surface area (Å²) in [5, 5.41) is 9.52. The second-order valence-corrected chi connectivity index (χ2v) is 13.8. The quantitative estimate of drug-likeness (QED) is 0.448. The summed E-state index contributed by atoms with van der Waals surface area (Å²) in [6.07, 6.45) is 7.98. The average Bonchev–Trinajstić information content (AvgIpc) is 3.48. The van der Waals surface area contributed by atoms with Gasteiger partial charge >= 0.3 is 6.09 Å². The summed E-state index contributed by atoms with van der Waals surface area (Å²) >= 11 is 0. The molecular weight excluding hydrogens is 561 g/mol. The first-order valence-electron chi connectivity index (χ1n) is 16.7. The maximum absolute atomic E-state index is 14.2. The Morgan fingerprint density at radius 1 is 0.955 bits per heavy atom.